The molecule has 1 fully saturated rings. The maximum Gasteiger partial charge on any atom is 0.244 e. The van der Waals surface area contributed by atoms with Crippen molar-refractivity contribution < 1.29 is 4.79 Å². The molecular formula is C20H22N4O. The van der Waals surface area contributed by atoms with Crippen LogP contribution in [0.4, 0.5) is 5.69 Å². The van der Waals surface area contributed by atoms with Gasteiger partial charge in [0.25, 0.3) is 0 Å². The second kappa shape index (κ2) is 7.91. The Hall–Kier alpha value is -2.71. The van der Waals surface area contributed by atoms with Crippen molar-refractivity contribution in [2.75, 3.05) is 18.0 Å². The number of amides is 1. The molecule has 2 heterocycles. The lowest BCUT2D eigenvalue weighted by Crippen LogP contribution is -2.52. The zero-order valence-corrected chi connectivity index (χ0v) is 14.4. The lowest BCUT2D eigenvalue weighted by atomic mass is 10.0. The largest absolute Gasteiger partial charge is 0.311 e. The molecule has 1 saturated heterocycles. The summed E-state index contributed by atoms with van der Waals surface area (Å²) in [4.78, 5) is 21.5. The van der Waals surface area contributed by atoms with Crippen LogP contribution in [-0.4, -0.2) is 34.9 Å². The maximum absolute atomic E-state index is 13.1. The summed E-state index contributed by atoms with van der Waals surface area (Å²) < 4.78 is 0. The van der Waals surface area contributed by atoms with Gasteiger partial charge in [-0.1, -0.05) is 13.0 Å². The molecule has 5 heteroatoms. The first-order valence-electron chi connectivity index (χ1n) is 8.68. The van der Waals surface area contributed by atoms with Gasteiger partial charge < -0.3 is 4.90 Å². The number of aromatic nitrogens is 1. The molecule has 1 atom stereocenters. The number of piperidine rings is 1. The number of anilines is 1. The Balaban J connectivity index is 1.77. The fourth-order valence-corrected chi connectivity index (χ4v) is 3.31. The van der Waals surface area contributed by atoms with Crippen LogP contribution in [-0.2, 0) is 11.3 Å². The average Bonchev–Trinajstić information content (AvgIpc) is 2.67. The molecule has 0 aliphatic carbocycles. The van der Waals surface area contributed by atoms with Crippen molar-refractivity contribution in [1.29, 1.82) is 5.26 Å². The summed E-state index contributed by atoms with van der Waals surface area (Å²) in [5.74, 6) is 0.133. The van der Waals surface area contributed by atoms with E-state index in [1.54, 1.807) is 18.3 Å². The minimum Gasteiger partial charge on any atom is -0.311 e. The summed E-state index contributed by atoms with van der Waals surface area (Å²) >= 11 is 0. The Kier molecular flexibility index (Phi) is 5.42. The first kappa shape index (κ1) is 17.1. The number of hydrogen-bond acceptors (Lipinski definition) is 4. The number of rotatable bonds is 5. The van der Waals surface area contributed by atoms with E-state index >= 15 is 0 Å². The third-order valence-corrected chi connectivity index (χ3v) is 4.66. The highest BCUT2D eigenvalue weighted by atomic mass is 16.2. The molecule has 5 nitrogen and oxygen atoms in total. The number of likely N-dealkylation sites (N-methyl/N-ethyl adjacent to an activating group) is 1. The Morgan fingerprint density at radius 1 is 1.28 bits per heavy atom. The summed E-state index contributed by atoms with van der Waals surface area (Å²) in [7, 11) is 0. The Morgan fingerprint density at radius 3 is 2.72 bits per heavy atom. The molecule has 2 aromatic rings. The van der Waals surface area contributed by atoms with Crippen molar-refractivity contribution in [3.63, 3.8) is 0 Å². The van der Waals surface area contributed by atoms with Crippen LogP contribution in [0.15, 0.2) is 48.7 Å². The van der Waals surface area contributed by atoms with Gasteiger partial charge in [-0.15, -0.1) is 0 Å². The molecule has 1 aliphatic heterocycles. The van der Waals surface area contributed by atoms with E-state index in [4.69, 9.17) is 5.26 Å². The van der Waals surface area contributed by atoms with Crippen LogP contribution < -0.4 is 4.90 Å². The standard InChI is InChI=1S/C20H22N4O/c1-2-23(15-17-6-3-4-12-22-17)19-7-5-13-24(20(19)25)18-10-8-16(14-21)9-11-18/h3-4,6,8-12,19H,2,5,7,13,15H2,1H3. The number of hydrogen-bond donors (Lipinski definition) is 0. The molecule has 0 bridgehead atoms. The molecule has 3 rings (SSSR count). The van der Waals surface area contributed by atoms with E-state index < -0.39 is 0 Å². The molecule has 1 aromatic heterocycles. The van der Waals surface area contributed by atoms with Crippen LogP contribution in [0.2, 0.25) is 0 Å². The molecule has 0 radical (unpaired) electrons. The first-order chi connectivity index (χ1) is 12.2. The normalized spacial score (nSPS) is 17.6. The lowest BCUT2D eigenvalue weighted by molar-refractivity contribution is -0.125. The van der Waals surface area contributed by atoms with E-state index in [1.807, 2.05) is 35.2 Å². The van der Waals surface area contributed by atoms with E-state index in [-0.39, 0.29) is 11.9 Å². The maximum atomic E-state index is 13.1. The van der Waals surface area contributed by atoms with Gasteiger partial charge in [0.15, 0.2) is 0 Å². The second-order valence-electron chi connectivity index (χ2n) is 6.19. The minimum absolute atomic E-state index is 0.128. The highest BCUT2D eigenvalue weighted by Gasteiger charge is 2.33. The van der Waals surface area contributed by atoms with Gasteiger partial charge in [0, 0.05) is 25.0 Å². The van der Waals surface area contributed by atoms with Gasteiger partial charge in [-0.3, -0.25) is 14.7 Å². The van der Waals surface area contributed by atoms with Gasteiger partial charge in [0.2, 0.25) is 5.91 Å². The Morgan fingerprint density at radius 2 is 2.08 bits per heavy atom. The van der Waals surface area contributed by atoms with Gasteiger partial charge in [0.1, 0.15) is 0 Å². The molecular weight excluding hydrogens is 312 g/mol. The van der Waals surface area contributed by atoms with Crippen LogP contribution in [0.1, 0.15) is 31.0 Å². The van der Waals surface area contributed by atoms with E-state index in [1.165, 1.54) is 0 Å². The van der Waals surface area contributed by atoms with Crippen molar-refractivity contribution in [2.24, 2.45) is 0 Å². The Bertz CT molecular complexity index is 752. The third kappa shape index (κ3) is 3.86. The van der Waals surface area contributed by atoms with Crippen molar-refractivity contribution in [3.05, 3.63) is 59.9 Å². The zero-order chi connectivity index (χ0) is 17.6. The predicted molar refractivity (Wildman–Crippen MR) is 96.9 cm³/mol. The van der Waals surface area contributed by atoms with Crippen LogP contribution >= 0.6 is 0 Å². The van der Waals surface area contributed by atoms with Gasteiger partial charge >= 0.3 is 0 Å². The molecule has 128 valence electrons. The molecule has 1 aliphatic rings. The molecule has 25 heavy (non-hydrogen) atoms. The second-order valence-corrected chi connectivity index (χ2v) is 6.19. The molecule has 0 spiro atoms. The van der Waals surface area contributed by atoms with Crippen LogP contribution in [0.25, 0.3) is 0 Å². The van der Waals surface area contributed by atoms with Crippen molar-refractivity contribution in [1.82, 2.24) is 9.88 Å². The molecule has 1 aromatic carbocycles. The van der Waals surface area contributed by atoms with Crippen LogP contribution in [0.3, 0.4) is 0 Å². The lowest BCUT2D eigenvalue weighted by Gasteiger charge is -2.38. The number of carbonyl (C=O) groups is 1. The summed E-state index contributed by atoms with van der Waals surface area (Å²) in [5, 5.41) is 8.93. The summed E-state index contributed by atoms with van der Waals surface area (Å²) in [5.41, 5.74) is 2.45. The van der Waals surface area contributed by atoms with Gasteiger partial charge in [0.05, 0.1) is 23.4 Å². The van der Waals surface area contributed by atoms with E-state index in [2.05, 4.69) is 22.9 Å². The zero-order valence-electron chi connectivity index (χ0n) is 14.4. The topological polar surface area (TPSA) is 60.2 Å². The van der Waals surface area contributed by atoms with Crippen molar-refractivity contribution in [3.8, 4) is 6.07 Å². The number of nitriles is 1. The van der Waals surface area contributed by atoms with Gasteiger partial charge in [-0.25, -0.2) is 0 Å². The fraction of sp³-hybridized carbons (Fsp3) is 0.350. The summed E-state index contributed by atoms with van der Waals surface area (Å²) in [6.45, 7) is 4.28. The van der Waals surface area contributed by atoms with Crippen LogP contribution in [0.5, 0.6) is 0 Å². The van der Waals surface area contributed by atoms with Crippen molar-refractivity contribution >= 4 is 11.6 Å². The third-order valence-electron chi connectivity index (χ3n) is 4.66. The minimum atomic E-state index is -0.128. The fourth-order valence-electron chi connectivity index (χ4n) is 3.31. The first-order valence-corrected chi connectivity index (χ1v) is 8.68. The number of carbonyl (C=O) groups excluding carboxylic acids is 1. The predicted octanol–water partition coefficient (Wildman–Crippen LogP) is 2.97. The summed E-state index contributed by atoms with van der Waals surface area (Å²) in [6.07, 6.45) is 3.62. The quantitative estimate of drug-likeness (QED) is 0.843. The van der Waals surface area contributed by atoms with E-state index in [9.17, 15) is 4.79 Å². The average molecular weight is 334 g/mol. The van der Waals surface area contributed by atoms with Gasteiger partial charge in [-0.2, -0.15) is 5.26 Å². The number of nitrogens with zero attached hydrogens (tertiary/aromatic N) is 4. The highest BCUT2D eigenvalue weighted by molar-refractivity contribution is 5.98. The highest BCUT2D eigenvalue weighted by Crippen LogP contribution is 2.25. The molecule has 0 N–H and O–H groups in total. The smallest absolute Gasteiger partial charge is 0.244 e. The van der Waals surface area contributed by atoms with E-state index in [0.717, 1.165) is 37.3 Å². The molecule has 1 unspecified atom stereocenters. The van der Waals surface area contributed by atoms with Gasteiger partial charge in [-0.05, 0) is 55.8 Å². The monoisotopic (exact) mass is 334 g/mol. The SMILES string of the molecule is CCN(Cc1ccccn1)C1CCCN(c2ccc(C#N)cc2)C1=O. The van der Waals surface area contributed by atoms with Crippen molar-refractivity contribution in [2.45, 2.75) is 32.4 Å². The molecule has 1 amide bonds. The van der Waals surface area contributed by atoms with E-state index in [0.29, 0.717) is 12.1 Å². The summed E-state index contributed by atoms with van der Waals surface area (Å²) in [6, 6.07) is 15.1. The Labute approximate surface area is 148 Å². The number of pyridine rings is 1. The number of benzene rings is 1. The van der Waals surface area contributed by atoms with Crippen LogP contribution in [0, 0.1) is 11.3 Å². The molecule has 0 saturated carbocycles.